The molecule has 0 saturated heterocycles. The Labute approximate surface area is 161 Å². The molecule has 27 heavy (non-hydrogen) atoms. The molecule has 1 atom stereocenters. The molecule has 0 unspecified atom stereocenters. The Morgan fingerprint density at radius 2 is 1.67 bits per heavy atom. The van der Waals surface area contributed by atoms with Crippen LogP contribution in [0, 0.1) is 41.4 Å². The summed E-state index contributed by atoms with van der Waals surface area (Å²) in [6.45, 7) is 3.43. The van der Waals surface area contributed by atoms with Gasteiger partial charge in [0.1, 0.15) is 6.04 Å². The van der Waals surface area contributed by atoms with Gasteiger partial charge in [0.2, 0.25) is 5.91 Å². The lowest BCUT2D eigenvalue weighted by atomic mass is 9.49. The lowest BCUT2D eigenvalue weighted by Crippen LogP contribution is -2.57. The van der Waals surface area contributed by atoms with Crippen molar-refractivity contribution in [2.75, 3.05) is 13.2 Å². The van der Waals surface area contributed by atoms with Gasteiger partial charge in [0.15, 0.2) is 6.61 Å². The molecule has 4 aliphatic rings. The normalized spacial score (nSPS) is 31.9. The van der Waals surface area contributed by atoms with Crippen molar-refractivity contribution in [1.29, 1.82) is 0 Å². The number of hydrogen-bond donors (Lipinski definition) is 2. The standard InChI is InChI=1S/C21H30N2O4/c1-4-5-22-17(24)12-27-19(25)18(13(2)3)23-20(26)21-9-14-6-15(10-21)8-16(7-14)11-21/h1,13-16,18H,5-12H2,2-3H3,(H,22,24)(H,23,26)/t14?,15?,16?,18-,21?/m0/s1. The van der Waals surface area contributed by atoms with Gasteiger partial charge >= 0.3 is 5.97 Å². The van der Waals surface area contributed by atoms with Gasteiger partial charge in [-0.3, -0.25) is 9.59 Å². The van der Waals surface area contributed by atoms with E-state index < -0.39 is 24.5 Å². The van der Waals surface area contributed by atoms with Crippen LogP contribution in [0.1, 0.15) is 52.4 Å². The quantitative estimate of drug-likeness (QED) is 0.524. The highest BCUT2D eigenvalue weighted by Crippen LogP contribution is 2.60. The van der Waals surface area contributed by atoms with Gasteiger partial charge in [-0.2, -0.15) is 0 Å². The highest BCUT2D eigenvalue weighted by molar-refractivity contribution is 5.89. The van der Waals surface area contributed by atoms with Crippen LogP contribution in [0.4, 0.5) is 0 Å². The summed E-state index contributed by atoms with van der Waals surface area (Å²) in [6.07, 6.45) is 11.7. The van der Waals surface area contributed by atoms with E-state index in [9.17, 15) is 14.4 Å². The van der Waals surface area contributed by atoms with E-state index in [1.165, 1.54) is 19.3 Å². The van der Waals surface area contributed by atoms with Crippen LogP contribution in [0.15, 0.2) is 0 Å². The van der Waals surface area contributed by atoms with Gasteiger partial charge in [0.05, 0.1) is 6.54 Å². The van der Waals surface area contributed by atoms with Crippen LogP contribution in [-0.2, 0) is 19.1 Å². The third kappa shape index (κ3) is 4.28. The van der Waals surface area contributed by atoms with Crippen LogP contribution in [0.25, 0.3) is 0 Å². The largest absolute Gasteiger partial charge is 0.454 e. The molecule has 2 amide bonds. The van der Waals surface area contributed by atoms with E-state index in [0.717, 1.165) is 19.3 Å². The third-order valence-corrected chi connectivity index (χ3v) is 6.46. The number of hydrogen-bond acceptors (Lipinski definition) is 4. The number of ether oxygens (including phenoxy) is 1. The summed E-state index contributed by atoms with van der Waals surface area (Å²) in [5.74, 6) is 3.12. The lowest BCUT2D eigenvalue weighted by molar-refractivity contribution is -0.157. The highest BCUT2D eigenvalue weighted by Gasteiger charge is 2.55. The third-order valence-electron chi connectivity index (χ3n) is 6.46. The van der Waals surface area contributed by atoms with E-state index in [4.69, 9.17) is 11.2 Å². The molecule has 4 bridgehead atoms. The van der Waals surface area contributed by atoms with E-state index in [-0.39, 0.29) is 23.8 Å². The fourth-order valence-corrected chi connectivity index (χ4v) is 5.61. The molecule has 148 valence electrons. The molecule has 2 N–H and O–H groups in total. The minimum Gasteiger partial charge on any atom is -0.454 e. The number of amides is 2. The maximum atomic E-state index is 13.2. The minimum absolute atomic E-state index is 0.00552. The maximum Gasteiger partial charge on any atom is 0.329 e. The van der Waals surface area contributed by atoms with E-state index >= 15 is 0 Å². The molecule has 4 rings (SSSR count). The zero-order chi connectivity index (χ0) is 19.6. The summed E-state index contributed by atoms with van der Waals surface area (Å²) in [6, 6.07) is -0.745. The van der Waals surface area contributed by atoms with Crippen LogP contribution in [0.2, 0.25) is 0 Å². The first-order valence-electron chi connectivity index (χ1n) is 10.0. The lowest BCUT2D eigenvalue weighted by Gasteiger charge is -2.55. The second kappa shape index (κ2) is 7.92. The van der Waals surface area contributed by atoms with Gasteiger partial charge in [-0.1, -0.05) is 19.8 Å². The molecule has 6 nitrogen and oxygen atoms in total. The van der Waals surface area contributed by atoms with Crippen molar-refractivity contribution in [3.8, 4) is 12.3 Å². The molecule has 0 aromatic heterocycles. The first-order valence-corrected chi connectivity index (χ1v) is 10.0. The van der Waals surface area contributed by atoms with Gasteiger partial charge in [0, 0.05) is 5.41 Å². The number of esters is 1. The van der Waals surface area contributed by atoms with Crippen molar-refractivity contribution in [2.45, 2.75) is 58.4 Å². The predicted molar refractivity (Wildman–Crippen MR) is 100 cm³/mol. The van der Waals surface area contributed by atoms with E-state index in [1.54, 1.807) is 0 Å². The summed E-state index contributed by atoms with van der Waals surface area (Å²) in [4.78, 5) is 37.2. The fraction of sp³-hybridized carbons (Fsp3) is 0.762. The summed E-state index contributed by atoms with van der Waals surface area (Å²) < 4.78 is 5.11. The van der Waals surface area contributed by atoms with Crippen LogP contribution in [-0.4, -0.2) is 37.0 Å². The van der Waals surface area contributed by atoms with Crippen molar-refractivity contribution < 1.29 is 19.1 Å². The van der Waals surface area contributed by atoms with Crippen molar-refractivity contribution >= 4 is 17.8 Å². The smallest absolute Gasteiger partial charge is 0.329 e. The molecule has 0 heterocycles. The molecule has 4 aliphatic carbocycles. The fourth-order valence-electron chi connectivity index (χ4n) is 5.61. The van der Waals surface area contributed by atoms with E-state index in [1.807, 2.05) is 13.8 Å². The average Bonchev–Trinajstić information content (AvgIpc) is 2.60. The van der Waals surface area contributed by atoms with Crippen molar-refractivity contribution in [3.05, 3.63) is 0 Å². The Morgan fingerprint density at radius 3 is 2.15 bits per heavy atom. The first kappa shape index (κ1) is 19.7. The van der Waals surface area contributed by atoms with Gasteiger partial charge in [-0.15, -0.1) is 6.42 Å². The molecule has 0 aromatic rings. The Kier molecular flexibility index (Phi) is 5.78. The Balaban J connectivity index is 1.59. The molecular formula is C21H30N2O4. The second-order valence-electron chi connectivity index (χ2n) is 8.98. The Hall–Kier alpha value is -2.03. The molecule has 0 radical (unpaired) electrons. The van der Waals surface area contributed by atoms with Crippen molar-refractivity contribution in [1.82, 2.24) is 10.6 Å². The SMILES string of the molecule is C#CCNC(=O)COC(=O)[C@@H](NC(=O)C12CC3CC(CC(C3)C1)C2)C(C)C. The number of terminal acetylenes is 1. The Bertz CT molecular complexity index is 614. The molecule has 0 spiro atoms. The molecule has 0 aromatic carbocycles. The van der Waals surface area contributed by atoms with E-state index in [2.05, 4.69) is 16.6 Å². The van der Waals surface area contributed by atoms with Gasteiger partial charge < -0.3 is 15.4 Å². The molecule has 6 heteroatoms. The van der Waals surface area contributed by atoms with Crippen LogP contribution in [0.5, 0.6) is 0 Å². The monoisotopic (exact) mass is 374 g/mol. The van der Waals surface area contributed by atoms with Gasteiger partial charge in [-0.25, -0.2) is 4.79 Å². The topological polar surface area (TPSA) is 84.5 Å². The average molecular weight is 374 g/mol. The second-order valence-corrected chi connectivity index (χ2v) is 8.98. The minimum atomic E-state index is -0.745. The Morgan fingerprint density at radius 1 is 1.11 bits per heavy atom. The number of nitrogens with one attached hydrogen (secondary N) is 2. The van der Waals surface area contributed by atoms with Gasteiger partial charge in [-0.05, 0) is 62.2 Å². The number of carbonyl (C=O) groups excluding carboxylic acids is 3. The number of carbonyl (C=O) groups is 3. The van der Waals surface area contributed by atoms with Gasteiger partial charge in [0.25, 0.3) is 5.91 Å². The maximum absolute atomic E-state index is 13.2. The first-order chi connectivity index (χ1) is 12.8. The number of rotatable bonds is 7. The van der Waals surface area contributed by atoms with Crippen molar-refractivity contribution in [3.63, 3.8) is 0 Å². The zero-order valence-electron chi connectivity index (χ0n) is 16.3. The predicted octanol–water partition coefficient (Wildman–Crippen LogP) is 1.64. The van der Waals surface area contributed by atoms with Crippen LogP contribution >= 0.6 is 0 Å². The van der Waals surface area contributed by atoms with Crippen molar-refractivity contribution in [2.24, 2.45) is 29.1 Å². The summed E-state index contributed by atoms with van der Waals surface area (Å²) in [5, 5.41) is 5.41. The van der Waals surface area contributed by atoms with E-state index in [0.29, 0.717) is 17.8 Å². The molecule has 0 aliphatic heterocycles. The van der Waals surface area contributed by atoms with Crippen LogP contribution < -0.4 is 10.6 Å². The summed E-state index contributed by atoms with van der Waals surface area (Å²) in [7, 11) is 0. The molecular weight excluding hydrogens is 344 g/mol. The summed E-state index contributed by atoms with van der Waals surface area (Å²) >= 11 is 0. The summed E-state index contributed by atoms with van der Waals surface area (Å²) in [5.41, 5.74) is -0.313. The van der Waals surface area contributed by atoms with Crippen LogP contribution in [0.3, 0.4) is 0 Å². The molecule has 4 fully saturated rings. The molecule has 4 saturated carbocycles. The zero-order valence-corrected chi connectivity index (χ0v) is 16.3. The highest BCUT2D eigenvalue weighted by atomic mass is 16.5.